The van der Waals surface area contributed by atoms with Gasteiger partial charge in [-0.05, 0) is 24.6 Å². The predicted octanol–water partition coefficient (Wildman–Crippen LogP) is 2.80. The molecule has 0 aliphatic carbocycles. The van der Waals surface area contributed by atoms with E-state index in [4.69, 9.17) is 0 Å². The third-order valence-corrected chi connectivity index (χ3v) is 3.02. The van der Waals surface area contributed by atoms with E-state index in [1.807, 2.05) is 6.92 Å². The molecule has 3 aromatic rings. The Labute approximate surface area is 113 Å². The summed E-state index contributed by atoms with van der Waals surface area (Å²) in [6.07, 6.45) is 2.91. The number of aromatic nitrogens is 4. The van der Waals surface area contributed by atoms with Crippen LogP contribution < -0.4 is 5.32 Å². The summed E-state index contributed by atoms with van der Waals surface area (Å²) in [7, 11) is 0. The standard InChI is InChI=1S/C13H11F2N5/c1-7(8-2-3-9(14)10(15)4-8)20-13-11-12(17-5-16-11)18-6-19-13/h2-7H,1H3,(H2,16,17,18,19,20)/t7-/m1/s1. The van der Waals surface area contributed by atoms with Gasteiger partial charge in [0.15, 0.2) is 23.1 Å². The second-order valence-corrected chi connectivity index (χ2v) is 4.36. The molecule has 0 unspecified atom stereocenters. The maximum atomic E-state index is 13.2. The first-order chi connectivity index (χ1) is 9.65. The molecule has 1 atom stereocenters. The number of nitrogens with one attached hydrogen (secondary N) is 2. The molecule has 3 rings (SSSR count). The number of anilines is 1. The largest absolute Gasteiger partial charge is 0.362 e. The Kier molecular flexibility index (Phi) is 3.02. The highest BCUT2D eigenvalue weighted by molar-refractivity contribution is 5.82. The molecule has 2 N–H and O–H groups in total. The number of hydrogen-bond donors (Lipinski definition) is 2. The maximum Gasteiger partial charge on any atom is 0.182 e. The number of H-pyrrole nitrogens is 1. The lowest BCUT2D eigenvalue weighted by Crippen LogP contribution is -2.09. The maximum absolute atomic E-state index is 13.2. The van der Waals surface area contributed by atoms with E-state index in [1.165, 1.54) is 24.8 Å². The van der Waals surface area contributed by atoms with Crippen LogP contribution in [0.1, 0.15) is 18.5 Å². The Balaban J connectivity index is 1.90. The van der Waals surface area contributed by atoms with Gasteiger partial charge in [0.05, 0.1) is 12.4 Å². The van der Waals surface area contributed by atoms with Crippen LogP contribution in [0.2, 0.25) is 0 Å². The van der Waals surface area contributed by atoms with Crippen molar-refractivity contribution < 1.29 is 8.78 Å². The minimum atomic E-state index is -0.870. The highest BCUT2D eigenvalue weighted by atomic mass is 19.2. The van der Waals surface area contributed by atoms with Crippen LogP contribution in [-0.4, -0.2) is 19.9 Å². The van der Waals surface area contributed by atoms with Crippen LogP contribution in [0.4, 0.5) is 14.6 Å². The van der Waals surface area contributed by atoms with E-state index in [2.05, 4.69) is 25.3 Å². The Bertz CT molecular complexity index is 755. The molecule has 2 aromatic heterocycles. The van der Waals surface area contributed by atoms with Crippen molar-refractivity contribution in [2.75, 3.05) is 5.32 Å². The van der Waals surface area contributed by atoms with Gasteiger partial charge < -0.3 is 10.3 Å². The number of fused-ring (bicyclic) bond motifs is 1. The molecule has 0 fully saturated rings. The summed E-state index contributed by atoms with van der Waals surface area (Å²) in [6.45, 7) is 1.83. The lowest BCUT2D eigenvalue weighted by Gasteiger charge is -2.15. The molecular weight excluding hydrogens is 264 g/mol. The monoisotopic (exact) mass is 275 g/mol. The van der Waals surface area contributed by atoms with Crippen molar-refractivity contribution in [3.63, 3.8) is 0 Å². The van der Waals surface area contributed by atoms with E-state index in [1.54, 1.807) is 0 Å². The first kappa shape index (κ1) is 12.5. The van der Waals surface area contributed by atoms with E-state index in [0.29, 0.717) is 22.5 Å². The molecule has 1 aromatic carbocycles. The number of nitrogens with zero attached hydrogens (tertiary/aromatic N) is 3. The Morgan fingerprint density at radius 3 is 2.80 bits per heavy atom. The minimum absolute atomic E-state index is 0.244. The van der Waals surface area contributed by atoms with Crippen LogP contribution >= 0.6 is 0 Å². The van der Waals surface area contributed by atoms with Gasteiger partial charge >= 0.3 is 0 Å². The Morgan fingerprint density at radius 1 is 1.15 bits per heavy atom. The first-order valence-corrected chi connectivity index (χ1v) is 6.00. The fraction of sp³-hybridized carbons (Fsp3) is 0.154. The quantitative estimate of drug-likeness (QED) is 0.771. The fourth-order valence-electron chi connectivity index (χ4n) is 1.94. The lowest BCUT2D eigenvalue weighted by molar-refractivity contribution is 0.506. The van der Waals surface area contributed by atoms with E-state index in [9.17, 15) is 8.78 Å². The second kappa shape index (κ2) is 4.84. The molecule has 0 amide bonds. The molecule has 0 aliphatic rings. The Hall–Kier alpha value is -2.57. The van der Waals surface area contributed by atoms with Gasteiger partial charge in [-0.25, -0.2) is 23.7 Å². The number of aromatic amines is 1. The normalized spacial score (nSPS) is 12.6. The fourth-order valence-corrected chi connectivity index (χ4v) is 1.94. The third-order valence-electron chi connectivity index (χ3n) is 3.02. The number of hydrogen-bond acceptors (Lipinski definition) is 4. The van der Waals surface area contributed by atoms with Crippen LogP contribution in [-0.2, 0) is 0 Å². The highest BCUT2D eigenvalue weighted by Gasteiger charge is 2.12. The molecule has 0 aliphatic heterocycles. The molecule has 0 bridgehead atoms. The molecule has 0 saturated heterocycles. The van der Waals surface area contributed by atoms with Crippen molar-refractivity contribution in [3.05, 3.63) is 48.1 Å². The van der Waals surface area contributed by atoms with E-state index in [0.717, 1.165) is 6.07 Å². The summed E-state index contributed by atoms with van der Waals surface area (Å²) >= 11 is 0. The van der Waals surface area contributed by atoms with E-state index in [-0.39, 0.29) is 6.04 Å². The van der Waals surface area contributed by atoms with Crippen molar-refractivity contribution in [1.29, 1.82) is 0 Å². The van der Waals surface area contributed by atoms with Gasteiger partial charge in [-0.3, -0.25) is 0 Å². The van der Waals surface area contributed by atoms with Gasteiger partial charge in [-0.1, -0.05) is 6.07 Å². The summed E-state index contributed by atoms with van der Waals surface area (Å²) in [5.41, 5.74) is 1.83. The molecular formula is C13H11F2N5. The number of rotatable bonds is 3. The zero-order chi connectivity index (χ0) is 14.1. The molecule has 20 heavy (non-hydrogen) atoms. The zero-order valence-corrected chi connectivity index (χ0v) is 10.6. The molecule has 0 spiro atoms. The van der Waals surface area contributed by atoms with Crippen molar-refractivity contribution in [2.45, 2.75) is 13.0 Å². The van der Waals surface area contributed by atoms with Crippen LogP contribution in [0.25, 0.3) is 11.2 Å². The third kappa shape index (κ3) is 2.18. The lowest BCUT2D eigenvalue weighted by atomic mass is 10.1. The van der Waals surface area contributed by atoms with E-state index < -0.39 is 11.6 Å². The van der Waals surface area contributed by atoms with Gasteiger partial charge in [0.2, 0.25) is 0 Å². The molecule has 2 heterocycles. The first-order valence-electron chi connectivity index (χ1n) is 6.00. The summed E-state index contributed by atoms with van der Waals surface area (Å²) in [5.74, 6) is -1.17. The van der Waals surface area contributed by atoms with Crippen LogP contribution in [0.15, 0.2) is 30.9 Å². The van der Waals surface area contributed by atoms with Crippen molar-refractivity contribution in [1.82, 2.24) is 19.9 Å². The SMILES string of the molecule is C[C@@H](Nc1ncnc2nc[nH]c12)c1ccc(F)c(F)c1. The molecule has 5 nitrogen and oxygen atoms in total. The van der Waals surface area contributed by atoms with Gasteiger partial charge in [-0.15, -0.1) is 0 Å². The average Bonchev–Trinajstić information content (AvgIpc) is 2.91. The summed E-state index contributed by atoms with van der Waals surface area (Å²) in [5, 5.41) is 3.12. The van der Waals surface area contributed by atoms with Crippen LogP contribution in [0.3, 0.4) is 0 Å². The number of halogens is 2. The van der Waals surface area contributed by atoms with Gasteiger partial charge in [0, 0.05) is 0 Å². The van der Waals surface area contributed by atoms with Gasteiger partial charge in [-0.2, -0.15) is 0 Å². The summed E-state index contributed by atoms with van der Waals surface area (Å²) < 4.78 is 26.2. The Morgan fingerprint density at radius 2 is 2.00 bits per heavy atom. The van der Waals surface area contributed by atoms with Gasteiger partial charge in [0.1, 0.15) is 11.8 Å². The van der Waals surface area contributed by atoms with Gasteiger partial charge in [0.25, 0.3) is 0 Å². The topological polar surface area (TPSA) is 66.5 Å². The highest BCUT2D eigenvalue weighted by Crippen LogP contribution is 2.22. The molecule has 7 heteroatoms. The van der Waals surface area contributed by atoms with Crippen molar-refractivity contribution >= 4 is 17.0 Å². The predicted molar refractivity (Wildman–Crippen MR) is 70.1 cm³/mol. The van der Waals surface area contributed by atoms with E-state index >= 15 is 0 Å². The smallest absolute Gasteiger partial charge is 0.182 e. The second-order valence-electron chi connectivity index (χ2n) is 4.36. The van der Waals surface area contributed by atoms with Crippen LogP contribution in [0, 0.1) is 11.6 Å². The number of benzene rings is 1. The zero-order valence-electron chi connectivity index (χ0n) is 10.6. The summed E-state index contributed by atoms with van der Waals surface area (Å²) in [6, 6.07) is 3.56. The molecule has 0 radical (unpaired) electrons. The minimum Gasteiger partial charge on any atom is -0.362 e. The van der Waals surface area contributed by atoms with Crippen molar-refractivity contribution in [2.24, 2.45) is 0 Å². The van der Waals surface area contributed by atoms with Crippen LogP contribution in [0.5, 0.6) is 0 Å². The van der Waals surface area contributed by atoms with Crippen molar-refractivity contribution in [3.8, 4) is 0 Å². The number of imidazole rings is 1. The summed E-state index contributed by atoms with van der Waals surface area (Å²) in [4.78, 5) is 15.1. The molecule has 0 saturated carbocycles. The average molecular weight is 275 g/mol. The molecule has 102 valence electrons.